The number of phenolic OH excluding ortho intramolecular Hbond substituents is 1. The summed E-state index contributed by atoms with van der Waals surface area (Å²) in [5.41, 5.74) is 7.48. The van der Waals surface area contributed by atoms with E-state index in [1.807, 2.05) is 35.3 Å². The van der Waals surface area contributed by atoms with Gasteiger partial charge in [0.25, 0.3) is 0 Å². The molecule has 0 aliphatic heterocycles. The van der Waals surface area contributed by atoms with Crippen molar-refractivity contribution in [3.05, 3.63) is 82.7 Å². The lowest BCUT2D eigenvalue weighted by Crippen LogP contribution is -2.34. The van der Waals surface area contributed by atoms with Gasteiger partial charge in [0, 0.05) is 12.4 Å². The second-order valence-corrected chi connectivity index (χ2v) is 9.80. The molecule has 3 heteroatoms. The maximum Gasteiger partial charge on any atom is 0.115 e. The zero-order valence-corrected chi connectivity index (χ0v) is 18.1. The molecule has 1 aliphatic rings. The summed E-state index contributed by atoms with van der Waals surface area (Å²) in [7, 11) is 0. The average molecular weight is 389 g/mol. The van der Waals surface area contributed by atoms with Gasteiger partial charge in [0.1, 0.15) is 5.75 Å². The van der Waals surface area contributed by atoms with Crippen LogP contribution in [0.15, 0.2) is 54.9 Å². The number of aromatic hydroxyl groups is 1. The largest absolute Gasteiger partial charge is 0.508 e. The number of aryl methyl sites for hydroxylation is 2. The number of hydrogen-bond acceptors (Lipinski definition) is 2. The molecule has 0 spiro atoms. The SMILES string of the molecule is CC1(C)CCC(C)(C)c2cc(Cn3cccn3)c(CCc3ccc(O)cc3)cc21. The summed E-state index contributed by atoms with van der Waals surface area (Å²) >= 11 is 0. The van der Waals surface area contributed by atoms with Gasteiger partial charge in [-0.05, 0) is 82.5 Å². The fourth-order valence-electron chi connectivity index (χ4n) is 4.59. The van der Waals surface area contributed by atoms with Crippen molar-refractivity contribution in [2.75, 3.05) is 0 Å². The van der Waals surface area contributed by atoms with Gasteiger partial charge in [-0.25, -0.2) is 0 Å². The van der Waals surface area contributed by atoms with Crippen molar-refractivity contribution < 1.29 is 5.11 Å². The Hall–Kier alpha value is -2.55. The molecule has 0 saturated carbocycles. The standard InChI is InChI=1S/C26H32N2O/c1-25(2)12-13-26(3,4)24-17-21(18-28-15-5-14-27-28)20(16-23(24)25)9-6-19-7-10-22(29)11-8-19/h5,7-8,10-11,14-17,29H,6,9,12-13,18H2,1-4H3. The average Bonchev–Trinajstić information content (AvgIpc) is 3.18. The first-order chi connectivity index (χ1) is 13.7. The summed E-state index contributed by atoms with van der Waals surface area (Å²) in [5.74, 6) is 0.325. The van der Waals surface area contributed by atoms with Gasteiger partial charge in [0.2, 0.25) is 0 Å². The fourth-order valence-corrected chi connectivity index (χ4v) is 4.59. The lowest BCUT2D eigenvalue weighted by Gasteiger charge is -2.42. The molecule has 1 aromatic heterocycles. The Morgan fingerprint density at radius 1 is 0.897 bits per heavy atom. The second-order valence-electron chi connectivity index (χ2n) is 9.80. The minimum absolute atomic E-state index is 0.208. The molecule has 0 fully saturated rings. The van der Waals surface area contributed by atoms with Gasteiger partial charge in [0.15, 0.2) is 0 Å². The van der Waals surface area contributed by atoms with E-state index in [-0.39, 0.29) is 10.8 Å². The number of benzene rings is 2. The van der Waals surface area contributed by atoms with Crippen LogP contribution in [0.4, 0.5) is 0 Å². The third-order valence-electron chi connectivity index (χ3n) is 6.68. The molecule has 0 saturated heterocycles. The third-order valence-corrected chi connectivity index (χ3v) is 6.68. The van der Waals surface area contributed by atoms with E-state index in [4.69, 9.17) is 0 Å². The number of fused-ring (bicyclic) bond motifs is 1. The highest BCUT2D eigenvalue weighted by Crippen LogP contribution is 2.46. The van der Waals surface area contributed by atoms with E-state index in [9.17, 15) is 5.11 Å². The van der Waals surface area contributed by atoms with Crippen LogP contribution in [-0.4, -0.2) is 14.9 Å². The molecule has 0 unspecified atom stereocenters. The zero-order valence-electron chi connectivity index (χ0n) is 18.1. The molecule has 1 N–H and O–H groups in total. The van der Waals surface area contributed by atoms with E-state index in [1.54, 1.807) is 12.1 Å². The van der Waals surface area contributed by atoms with Crippen LogP contribution >= 0.6 is 0 Å². The van der Waals surface area contributed by atoms with E-state index in [0.717, 1.165) is 19.4 Å². The predicted molar refractivity (Wildman–Crippen MR) is 119 cm³/mol. The van der Waals surface area contributed by atoms with Crippen LogP contribution in [-0.2, 0) is 30.2 Å². The summed E-state index contributed by atoms with van der Waals surface area (Å²) in [6.07, 6.45) is 8.30. The van der Waals surface area contributed by atoms with E-state index in [2.05, 4.69) is 44.9 Å². The Labute approximate surface area is 174 Å². The number of phenols is 1. The van der Waals surface area contributed by atoms with Crippen molar-refractivity contribution in [3.8, 4) is 5.75 Å². The minimum Gasteiger partial charge on any atom is -0.508 e. The number of nitrogens with zero attached hydrogens (tertiary/aromatic N) is 2. The summed E-state index contributed by atoms with van der Waals surface area (Å²) < 4.78 is 2.02. The number of rotatable bonds is 5. The molecule has 2 aromatic carbocycles. The molecule has 1 aliphatic carbocycles. The molecule has 4 rings (SSSR count). The van der Waals surface area contributed by atoms with Crippen molar-refractivity contribution in [2.24, 2.45) is 0 Å². The van der Waals surface area contributed by atoms with Crippen molar-refractivity contribution >= 4 is 0 Å². The highest BCUT2D eigenvalue weighted by atomic mass is 16.3. The Morgan fingerprint density at radius 3 is 2.10 bits per heavy atom. The summed E-state index contributed by atoms with van der Waals surface area (Å²) in [4.78, 5) is 0. The highest BCUT2D eigenvalue weighted by Gasteiger charge is 2.37. The molecule has 0 radical (unpaired) electrons. The first-order valence-electron chi connectivity index (χ1n) is 10.7. The van der Waals surface area contributed by atoms with Crippen LogP contribution in [0.25, 0.3) is 0 Å². The topological polar surface area (TPSA) is 38.0 Å². The van der Waals surface area contributed by atoms with Gasteiger partial charge in [-0.3, -0.25) is 4.68 Å². The van der Waals surface area contributed by atoms with Crippen LogP contribution in [0.1, 0.15) is 68.4 Å². The highest BCUT2D eigenvalue weighted by molar-refractivity contribution is 5.47. The Bertz CT molecular complexity index is 982. The van der Waals surface area contributed by atoms with E-state index in [1.165, 1.54) is 40.7 Å². The maximum atomic E-state index is 9.56. The summed E-state index contributed by atoms with van der Waals surface area (Å²) in [6, 6.07) is 14.5. The van der Waals surface area contributed by atoms with E-state index < -0.39 is 0 Å². The van der Waals surface area contributed by atoms with Gasteiger partial charge in [-0.2, -0.15) is 5.10 Å². The van der Waals surface area contributed by atoms with Crippen LogP contribution in [0, 0.1) is 0 Å². The Kier molecular flexibility index (Phi) is 5.02. The molecule has 3 nitrogen and oxygen atoms in total. The predicted octanol–water partition coefficient (Wildman–Crippen LogP) is 5.77. The lowest BCUT2D eigenvalue weighted by atomic mass is 9.62. The van der Waals surface area contributed by atoms with Gasteiger partial charge < -0.3 is 5.11 Å². The molecule has 0 amide bonds. The summed E-state index contributed by atoms with van der Waals surface area (Å²) in [5, 5.41) is 14.0. The van der Waals surface area contributed by atoms with Crippen molar-refractivity contribution in [3.63, 3.8) is 0 Å². The minimum atomic E-state index is 0.208. The molecule has 29 heavy (non-hydrogen) atoms. The zero-order chi connectivity index (χ0) is 20.6. The molecule has 0 bridgehead atoms. The summed E-state index contributed by atoms with van der Waals surface area (Å²) in [6.45, 7) is 10.3. The second kappa shape index (κ2) is 7.37. The smallest absolute Gasteiger partial charge is 0.115 e. The normalized spacial score (nSPS) is 17.1. The van der Waals surface area contributed by atoms with Crippen LogP contribution < -0.4 is 0 Å². The van der Waals surface area contributed by atoms with Gasteiger partial charge >= 0.3 is 0 Å². The van der Waals surface area contributed by atoms with Crippen molar-refractivity contribution in [1.82, 2.24) is 9.78 Å². The van der Waals surface area contributed by atoms with Gasteiger partial charge in [-0.15, -0.1) is 0 Å². The van der Waals surface area contributed by atoms with Crippen molar-refractivity contribution in [1.29, 1.82) is 0 Å². The first-order valence-corrected chi connectivity index (χ1v) is 10.7. The van der Waals surface area contributed by atoms with E-state index >= 15 is 0 Å². The number of aromatic nitrogens is 2. The quantitative estimate of drug-likeness (QED) is 0.602. The van der Waals surface area contributed by atoms with Crippen LogP contribution in [0.3, 0.4) is 0 Å². The van der Waals surface area contributed by atoms with Crippen molar-refractivity contribution in [2.45, 2.75) is 70.8 Å². The Morgan fingerprint density at radius 2 is 1.52 bits per heavy atom. The fraction of sp³-hybridized carbons (Fsp3) is 0.423. The third kappa shape index (κ3) is 4.10. The molecule has 152 valence electrons. The molecule has 1 heterocycles. The van der Waals surface area contributed by atoms with Gasteiger partial charge in [-0.1, -0.05) is 52.0 Å². The van der Waals surface area contributed by atoms with Gasteiger partial charge in [0.05, 0.1) is 6.54 Å². The molecular formula is C26H32N2O. The first kappa shape index (κ1) is 19.8. The maximum absolute atomic E-state index is 9.56. The molecule has 0 atom stereocenters. The number of hydrogen-bond donors (Lipinski definition) is 1. The molecular weight excluding hydrogens is 356 g/mol. The lowest BCUT2D eigenvalue weighted by molar-refractivity contribution is 0.331. The molecule has 3 aromatic rings. The van der Waals surface area contributed by atoms with Crippen LogP contribution in [0.2, 0.25) is 0 Å². The van der Waals surface area contributed by atoms with Crippen LogP contribution in [0.5, 0.6) is 5.75 Å². The van der Waals surface area contributed by atoms with E-state index in [0.29, 0.717) is 5.75 Å². The monoisotopic (exact) mass is 388 g/mol. The Balaban J connectivity index is 1.73.